The molecule has 1 unspecified atom stereocenters. The molecule has 19 heavy (non-hydrogen) atoms. The number of alkyl halides is 1. The SMILES string of the molecule is CC(Cl)c1ccc(C(=O)N2CCC(C(N)=O)CC2)o1. The largest absolute Gasteiger partial charge is 0.454 e. The Morgan fingerprint density at radius 2 is 2.05 bits per heavy atom. The van der Waals surface area contributed by atoms with E-state index in [0.29, 0.717) is 37.5 Å². The van der Waals surface area contributed by atoms with E-state index in [1.165, 1.54) is 0 Å². The number of nitrogens with two attached hydrogens (primary N) is 1. The molecular formula is C13H17ClN2O3. The van der Waals surface area contributed by atoms with E-state index in [1.807, 2.05) is 0 Å². The second kappa shape index (κ2) is 5.65. The fourth-order valence-corrected chi connectivity index (χ4v) is 2.32. The second-order valence-corrected chi connectivity index (χ2v) is 5.44. The predicted octanol–water partition coefficient (Wildman–Crippen LogP) is 1.92. The van der Waals surface area contributed by atoms with E-state index < -0.39 is 0 Å². The molecule has 1 aromatic rings. The van der Waals surface area contributed by atoms with Gasteiger partial charge in [-0.05, 0) is 31.9 Å². The number of carbonyl (C=O) groups is 2. The number of halogens is 1. The first-order valence-electron chi connectivity index (χ1n) is 6.31. The number of hydrogen-bond acceptors (Lipinski definition) is 3. The summed E-state index contributed by atoms with van der Waals surface area (Å²) in [5.41, 5.74) is 5.26. The van der Waals surface area contributed by atoms with Crippen LogP contribution >= 0.6 is 11.6 Å². The average Bonchev–Trinajstić information content (AvgIpc) is 2.87. The van der Waals surface area contributed by atoms with Crippen LogP contribution in [0.3, 0.4) is 0 Å². The summed E-state index contributed by atoms with van der Waals surface area (Å²) >= 11 is 5.89. The third kappa shape index (κ3) is 3.10. The fourth-order valence-electron chi connectivity index (χ4n) is 2.20. The first-order chi connectivity index (χ1) is 8.99. The van der Waals surface area contributed by atoms with Gasteiger partial charge >= 0.3 is 0 Å². The molecule has 1 saturated heterocycles. The molecule has 1 aliphatic rings. The summed E-state index contributed by atoms with van der Waals surface area (Å²) < 4.78 is 5.42. The molecule has 0 aliphatic carbocycles. The van der Waals surface area contributed by atoms with E-state index in [4.69, 9.17) is 21.8 Å². The van der Waals surface area contributed by atoms with E-state index in [9.17, 15) is 9.59 Å². The van der Waals surface area contributed by atoms with Gasteiger partial charge in [0.2, 0.25) is 5.91 Å². The second-order valence-electron chi connectivity index (χ2n) is 4.79. The van der Waals surface area contributed by atoms with Gasteiger partial charge in [-0.2, -0.15) is 0 Å². The molecule has 6 heteroatoms. The molecule has 0 bridgehead atoms. The minimum atomic E-state index is -0.289. The van der Waals surface area contributed by atoms with E-state index >= 15 is 0 Å². The van der Waals surface area contributed by atoms with Gasteiger partial charge in [-0.25, -0.2) is 0 Å². The van der Waals surface area contributed by atoms with Gasteiger partial charge in [-0.1, -0.05) is 0 Å². The average molecular weight is 285 g/mol. The zero-order valence-electron chi connectivity index (χ0n) is 10.8. The molecule has 1 atom stereocenters. The van der Waals surface area contributed by atoms with Gasteiger partial charge in [0.25, 0.3) is 5.91 Å². The minimum Gasteiger partial charge on any atom is -0.454 e. The molecule has 2 amide bonds. The maximum Gasteiger partial charge on any atom is 0.289 e. The van der Waals surface area contributed by atoms with E-state index in [1.54, 1.807) is 24.0 Å². The monoisotopic (exact) mass is 284 g/mol. The van der Waals surface area contributed by atoms with E-state index in [0.717, 1.165) is 0 Å². The third-order valence-electron chi connectivity index (χ3n) is 3.41. The zero-order valence-corrected chi connectivity index (χ0v) is 11.5. The lowest BCUT2D eigenvalue weighted by Crippen LogP contribution is -2.41. The number of hydrogen-bond donors (Lipinski definition) is 1. The molecule has 0 aromatic carbocycles. The van der Waals surface area contributed by atoms with Gasteiger partial charge in [0.15, 0.2) is 5.76 Å². The number of likely N-dealkylation sites (tertiary alicyclic amines) is 1. The molecular weight excluding hydrogens is 268 g/mol. The van der Waals surface area contributed by atoms with Gasteiger partial charge in [0.05, 0.1) is 5.38 Å². The highest BCUT2D eigenvalue weighted by molar-refractivity contribution is 6.20. The van der Waals surface area contributed by atoms with Crippen molar-refractivity contribution in [3.05, 3.63) is 23.7 Å². The maximum atomic E-state index is 12.2. The Morgan fingerprint density at radius 3 is 2.53 bits per heavy atom. The van der Waals surface area contributed by atoms with Crippen molar-refractivity contribution in [2.24, 2.45) is 11.7 Å². The van der Waals surface area contributed by atoms with Gasteiger partial charge in [0, 0.05) is 19.0 Å². The summed E-state index contributed by atoms with van der Waals surface area (Å²) in [5, 5.41) is -0.262. The highest BCUT2D eigenvalue weighted by Gasteiger charge is 2.27. The minimum absolute atomic E-state index is 0.126. The molecule has 0 radical (unpaired) electrons. The lowest BCUT2D eigenvalue weighted by atomic mass is 9.96. The molecule has 0 saturated carbocycles. The van der Waals surface area contributed by atoms with Crippen molar-refractivity contribution < 1.29 is 14.0 Å². The van der Waals surface area contributed by atoms with Crippen LogP contribution in [0.25, 0.3) is 0 Å². The van der Waals surface area contributed by atoms with Gasteiger partial charge in [-0.3, -0.25) is 9.59 Å². The lowest BCUT2D eigenvalue weighted by Gasteiger charge is -2.29. The van der Waals surface area contributed by atoms with Crippen LogP contribution in [0.15, 0.2) is 16.5 Å². The highest BCUT2D eigenvalue weighted by atomic mass is 35.5. The van der Waals surface area contributed by atoms with Crippen LogP contribution in [0.2, 0.25) is 0 Å². The molecule has 0 spiro atoms. The molecule has 1 aromatic heterocycles. The quantitative estimate of drug-likeness (QED) is 0.862. The van der Waals surface area contributed by atoms with Crippen molar-refractivity contribution in [2.45, 2.75) is 25.1 Å². The first kappa shape index (κ1) is 13.9. The van der Waals surface area contributed by atoms with Gasteiger partial charge < -0.3 is 15.1 Å². The maximum absolute atomic E-state index is 12.2. The molecule has 104 valence electrons. The number of amides is 2. The first-order valence-corrected chi connectivity index (χ1v) is 6.75. The molecule has 1 fully saturated rings. The van der Waals surface area contributed by atoms with Crippen molar-refractivity contribution in [1.82, 2.24) is 4.90 Å². The van der Waals surface area contributed by atoms with Crippen LogP contribution in [0.4, 0.5) is 0 Å². The number of carbonyl (C=O) groups excluding carboxylic acids is 2. The van der Waals surface area contributed by atoms with E-state index in [-0.39, 0.29) is 23.1 Å². The molecule has 5 nitrogen and oxygen atoms in total. The Kier molecular flexibility index (Phi) is 4.14. The molecule has 2 rings (SSSR count). The van der Waals surface area contributed by atoms with Crippen molar-refractivity contribution in [3.8, 4) is 0 Å². The highest BCUT2D eigenvalue weighted by Crippen LogP contribution is 2.24. The standard InChI is InChI=1S/C13H17ClN2O3/c1-8(14)10-2-3-11(19-10)13(18)16-6-4-9(5-7-16)12(15)17/h2-3,8-9H,4-7H2,1H3,(H2,15,17). The van der Waals surface area contributed by atoms with Crippen LogP contribution in [-0.2, 0) is 4.79 Å². The van der Waals surface area contributed by atoms with Crippen molar-refractivity contribution >= 4 is 23.4 Å². The summed E-state index contributed by atoms with van der Waals surface area (Å²) in [6.07, 6.45) is 1.22. The Hall–Kier alpha value is -1.49. The van der Waals surface area contributed by atoms with Gasteiger partial charge in [-0.15, -0.1) is 11.6 Å². The Balaban J connectivity index is 1.99. The molecule has 2 heterocycles. The summed E-state index contributed by atoms with van der Waals surface area (Å²) in [4.78, 5) is 24.9. The normalized spacial score (nSPS) is 18.3. The molecule has 1 aliphatic heterocycles. The summed E-state index contributed by atoms with van der Waals surface area (Å²) in [6, 6.07) is 3.35. The number of nitrogens with zero attached hydrogens (tertiary/aromatic N) is 1. The van der Waals surface area contributed by atoms with Crippen molar-refractivity contribution in [3.63, 3.8) is 0 Å². The number of primary amides is 1. The fraction of sp³-hybridized carbons (Fsp3) is 0.538. The summed E-state index contributed by atoms with van der Waals surface area (Å²) in [7, 11) is 0. The van der Waals surface area contributed by atoms with E-state index in [2.05, 4.69) is 0 Å². The van der Waals surface area contributed by atoms with Crippen LogP contribution in [0.1, 0.15) is 41.5 Å². The van der Waals surface area contributed by atoms with Crippen molar-refractivity contribution in [1.29, 1.82) is 0 Å². The number of furan rings is 1. The van der Waals surface area contributed by atoms with Crippen LogP contribution in [0.5, 0.6) is 0 Å². The lowest BCUT2D eigenvalue weighted by molar-refractivity contribution is -0.123. The van der Waals surface area contributed by atoms with Gasteiger partial charge in [0.1, 0.15) is 5.76 Å². The number of rotatable bonds is 3. The smallest absolute Gasteiger partial charge is 0.289 e. The molecule has 2 N–H and O–H groups in total. The predicted molar refractivity (Wildman–Crippen MR) is 70.8 cm³/mol. The van der Waals surface area contributed by atoms with Crippen LogP contribution in [0, 0.1) is 5.92 Å². The Bertz CT molecular complexity index is 476. The van der Waals surface area contributed by atoms with Crippen LogP contribution < -0.4 is 5.73 Å². The van der Waals surface area contributed by atoms with Crippen molar-refractivity contribution in [2.75, 3.05) is 13.1 Å². The Labute approximate surface area is 116 Å². The summed E-state index contributed by atoms with van der Waals surface area (Å²) in [5.74, 6) is 0.297. The van der Waals surface area contributed by atoms with Crippen LogP contribution in [-0.4, -0.2) is 29.8 Å². The number of piperidine rings is 1. The zero-order chi connectivity index (χ0) is 14.0. The third-order valence-corrected chi connectivity index (χ3v) is 3.63. The topological polar surface area (TPSA) is 76.5 Å². The Morgan fingerprint density at radius 1 is 1.42 bits per heavy atom. The summed E-state index contributed by atoms with van der Waals surface area (Å²) in [6.45, 7) is 2.84.